The van der Waals surface area contributed by atoms with E-state index in [2.05, 4.69) is 0 Å². The summed E-state index contributed by atoms with van der Waals surface area (Å²) in [7, 11) is 0. The molecule has 0 atom stereocenters. The Morgan fingerprint density at radius 3 is 1.11 bits per heavy atom. The molecular formula is C20H34N2O6. The molecule has 0 aliphatic carbocycles. The maximum atomic E-state index is 11.5. The molecule has 0 spiro atoms. The quantitative estimate of drug-likeness (QED) is 0.622. The molecule has 0 aromatic rings. The van der Waals surface area contributed by atoms with Crippen molar-refractivity contribution in [3.8, 4) is 0 Å². The highest BCUT2D eigenvalue weighted by molar-refractivity contribution is 5.82. The molecule has 0 aromatic carbocycles. The predicted molar refractivity (Wildman–Crippen MR) is 104 cm³/mol. The summed E-state index contributed by atoms with van der Waals surface area (Å²) < 4.78 is 10.4. The van der Waals surface area contributed by atoms with Crippen LogP contribution >= 0.6 is 0 Å². The van der Waals surface area contributed by atoms with Crippen molar-refractivity contribution in [3.63, 3.8) is 0 Å². The third-order valence-corrected chi connectivity index (χ3v) is 3.95. The number of hydrogen-bond acceptors (Lipinski definition) is 6. The van der Waals surface area contributed by atoms with Crippen molar-refractivity contribution in [1.29, 1.82) is 0 Å². The van der Waals surface area contributed by atoms with Crippen molar-refractivity contribution < 1.29 is 28.7 Å². The number of piperidine rings is 2. The Morgan fingerprint density at radius 2 is 0.893 bits per heavy atom. The molecule has 0 saturated carbocycles. The Hall–Kier alpha value is -2.12. The van der Waals surface area contributed by atoms with Gasteiger partial charge in [-0.3, -0.25) is 9.59 Å². The van der Waals surface area contributed by atoms with E-state index in [9.17, 15) is 19.2 Å². The van der Waals surface area contributed by atoms with Crippen molar-refractivity contribution >= 4 is 23.8 Å². The van der Waals surface area contributed by atoms with Gasteiger partial charge >= 0.3 is 12.2 Å². The predicted octanol–water partition coefficient (Wildman–Crippen LogP) is 3.17. The molecule has 8 nitrogen and oxygen atoms in total. The van der Waals surface area contributed by atoms with Gasteiger partial charge in [-0.05, 0) is 41.5 Å². The summed E-state index contributed by atoms with van der Waals surface area (Å²) in [5.41, 5.74) is -0.920. The second-order valence-corrected chi connectivity index (χ2v) is 9.01. The summed E-state index contributed by atoms with van der Waals surface area (Å²) in [6.07, 6.45) is 1.20. The molecule has 2 aliphatic rings. The van der Waals surface area contributed by atoms with Crippen molar-refractivity contribution in [3.05, 3.63) is 0 Å². The number of likely N-dealkylation sites (tertiary alicyclic amines) is 2. The van der Waals surface area contributed by atoms with E-state index in [0.29, 0.717) is 51.9 Å². The van der Waals surface area contributed by atoms with Gasteiger partial charge in [0.2, 0.25) is 0 Å². The van der Waals surface area contributed by atoms with E-state index < -0.39 is 11.2 Å². The van der Waals surface area contributed by atoms with Gasteiger partial charge in [-0.25, -0.2) is 9.59 Å². The molecule has 0 N–H and O–H groups in total. The van der Waals surface area contributed by atoms with Gasteiger partial charge < -0.3 is 19.3 Å². The Balaban J connectivity index is 0.000000280. The van der Waals surface area contributed by atoms with Crippen LogP contribution in [-0.2, 0) is 19.1 Å². The number of nitrogens with zero attached hydrogens (tertiary/aromatic N) is 2. The van der Waals surface area contributed by atoms with Crippen LogP contribution in [0.15, 0.2) is 0 Å². The minimum atomic E-state index is -0.460. The molecule has 2 heterocycles. The van der Waals surface area contributed by atoms with E-state index >= 15 is 0 Å². The maximum Gasteiger partial charge on any atom is 0.410 e. The molecule has 0 bridgehead atoms. The molecule has 0 radical (unpaired) electrons. The van der Waals surface area contributed by atoms with E-state index in [1.54, 1.807) is 9.80 Å². The highest BCUT2D eigenvalue weighted by Crippen LogP contribution is 2.14. The van der Waals surface area contributed by atoms with Crippen LogP contribution in [0.3, 0.4) is 0 Å². The number of carbonyl (C=O) groups is 4. The van der Waals surface area contributed by atoms with E-state index in [1.807, 2.05) is 41.5 Å². The third kappa shape index (κ3) is 9.71. The molecule has 2 aliphatic heterocycles. The molecule has 0 unspecified atom stereocenters. The summed E-state index contributed by atoms with van der Waals surface area (Å²) in [6, 6.07) is 0. The standard InChI is InChI=1S/2C10H17NO3/c2*1-10(2,3)14-9(13)11-6-4-8(12)5-7-11/h2*4-7H2,1-3H3. The number of carbonyl (C=O) groups excluding carboxylic acids is 4. The first-order chi connectivity index (χ1) is 12.8. The largest absolute Gasteiger partial charge is 0.444 e. The molecule has 8 heteroatoms. The zero-order valence-electron chi connectivity index (χ0n) is 18.0. The van der Waals surface area contributed by atoms with Crippen LogP contribution in [0.25, 0.3) is 0 Å². The van der Waals surface area contributed by atoms with Gasteiger partial charge in [0.05, 0.1) is 0 Å². The second kappa shape index (κ2) is 9.89. The summed E-state index contributed by atoms with van der Waals surface area (Å²) >= 11 is 0. The summed E-state index contributed by atoms with van der Waals surface area (Å²) in [4.78, 5) is 48.1. The topological polar surface area (TPSA) is 93.2 Å². The minimum Gasteiger partial charge on any atom is -0.444 e. The van der Waals surface area contributed by atoms with Crippen LogP contribution in [0.4, 0.5) is 9.59 Å². The van der Waals surface area contributed by atoms with E-state index in [4.69, 9.17) is 9.47 Å². The average molecular weight is 399 g/mol. The van der Waals surface area contributed by atoms with Gasteiger partial charge in [0.1, 0.15) is 22.8 Å². The van der Waals surface area contributed by atoms with Crippen LogP contribution in [-0.4, -0.2) is 70.9 Å². The van der Waals surface area contributed by atoms with E-state index in [0.717, 1.165) is 0 Å². The number of amides is 2. The number of Topliss-reactive ketones (excluding diaryl/α,β-unsaturated/α-hetero) is 2. The first kappa shape index (κ1) is 23.9. The van der Waals surface area contributed by atoms with Gasteiger partial charge in [-0.15, -0.1) is 0 Å². The monoisotopic (exact) mass is 398 g/mol. The molecule has 2 rings (SSSR count). The highest BCUT2D eigenvalue weighted by Gasteiger charge is 2.26. The van der Waals surface area contributed by atoms with Crippen LogP contribution in [0.2, 0.25) is 0 Å². The Bertz CT molecular complexity index is 516. The highest BCUT2D eigenvalue weighted by atomic mass is 16.6. The molecule has 160 valence electrons. The zero-order valence-corrected chi connectivity index (χ0v) is 18.0. The fourth-order valence-corrected chi connectivity index (χ4v) is 2.53. The molecule has 2 saturated heterocycles. The van der Waals surface area contributed by atoms with Gasteiger partial charge in [0.25, 0.3) is 0 Å². The lowest BCUT2D eigenvalue weighted by atomic mass is 10.1. The lowest BCUT2D eigenvalue weighted by Crippen LogP contribution is -2.41. The van der Waals surface area contributed by atoms with Crippen LogP contribution < -0.4 is 0 Å². The average Bonchev–Trinajstić information content (AvgIpc) is 2.53. The lowest BCUT2D eigenvalue weighted by molar-refractivity contribution is -0.122. The van der Waals surface area contributed by atoms with Crippen molar-refractivity contribution in [1.82, 2.24) is 9.80 Å². The van der Waals surface area contributed by atoms with Gasteiger partial charge in [-0.2, -0.15) is 0 Å². The fourth-order valence-electron chi connectivity index (χ4n) is 2.53. The van der Waals surface area contributed by atoms with Gasteiger partial charge in [0.15, 0.2) is 0 Å². The first-order valence-corrected chi connectivity index (χ1v) is 9.76. The molecule has 28 heavy (non-hydrogen) atoms. The zero-order chi connectivity index (χ0) is 21.5. The number of ketones is 2. The molecular weight excluding hydrogens is 364 g/mol. The molecule has 0 aromatic heterocycles. The first-order valence-electron chi connectivity index (χ1n) is 9.76. The van der Waals surface area contributed by atoms with Crippen LogP contribution in [0.1, 0.15) is 67.2 Å². The number of hydrogen-bond donors (Lipinski definition) is 0. The second-order valence-electron chi connectivity index (χ2n) is 9.01. The van der Waals surface area contributed by atoms with E-state index in [1.165, 1.54) is 0 Å². The Labute approximate surface area is 167 Å². The number of rotatable bonds is 0. The van der Waals surface area contributed by atoms with Gasteiger partial charge in [-0.1, -0.05) is 0 Å². The molecule has 2 fully saturated rings. The smallest absolute Gasteiger partial charge is 0.410 e. The summed E-state index contributed by atoms with van der Waals surface area (Å²) in [5, 5.41) is 0. The van der Waals surface area contributed by atoms with Crippen molar-refractivity contribution in [2.24, 2.45) is 0 Å². The Morgan fingerprint density at radius 1 is 0.643 bits per heavy atom. The SMILES string of the molecule is CC(C)(C)OC(=O)N1CCC(=O)CC1.CC(C)(C)OC(=O)N1CCC(=O)CC1. The van der Waals surface area contributed by atoms with Crippen LogP contribution in [0, 0.1) is 0 Å². The van der Waals surface area contributed by atoms with Crippen molar-refractivity contribution in [2.45, 2.75) is 78.4 Å². The normalized spacial score (nSPS) is 18.2. The Kier molecular flexibility index (Phi) is 8.45. The molecule has 2 amide bonds. The number of ether oxygens (including phenoxy) is 2. The summed E-state index contributed by atoms with van der Waals surface area (Å²) in [6.45, 7) is 13.0. The third-order valence-electron chi connectivity index (χ3n) is 3.95. The van der Waals surface area contributed by atoms with E-state index in [-0.39, 0.29) is 23.8 Å². The fraction of sp³-hybridized carbons (Fsp3) is 0.800. The van der Waals surface area contributed by atoms with Crippen LogP contribution in [0.5, 0.6) is 0 Å². The van der Waals surface area contributed by atoms with Gasteiger partial charge in [0, 0.05) is 51.9 Å². The maximum absolute atomic E-state index is 11.5. The summed E-state index contributed by atoms with van der Waals surface area (Å²) in [5.74, 6) is 0.453. The minimum absolute atomic E-state index is 0.227. The van der Waals surface area contributed by atoms with Crippen molar-refractivity contribution in [2.75, 3.05) is 26.2 Å². The lowest BCUT2D eigenvalue weighted by Gasteiger charge is -2.29.